The van der Waals surface area contributed by atoms with Crippen molar-refractivity contribution in [3.63, 3.8) is 0 Å². The highest BCUT2D eigenvalue weighted by Crippen LogP contribution is 2.10. The Morgan fingerprint density at radius 2 is 1.62 bits per heavy atom. The summed E-state index contributed by atoms with van der Waals surface area (Å²) in [5.41, 5.74) is 1.06. The van der Waals surface area contributed by atoms with Gasteiger partial charge in [-0.1, -0.05) is 24.3 Å². The van der Waals surface area contributed by atoms with Crippen LogP contribution in [0.1, 0.15) is 43.1 Å². The zero-order chi connectivity index (χ0) is 18.9. The molecule has 0 spiro atoms. The largest absolute Gasteiger partial charge is 0.478 e. The molecule has 0 heterocycles. The highest BCUT2D eigenvalue weighted by molar-refractivity contribution is 6.02. The summed E-state index contributed by atoms with van der Waals surface area (Å²) in [5, 5.41) is 20.7. The summed E-state index contributed by atoms with van der Waals surface area (Å²) in [6.07, 6.45) is 0.390. The second-order valence-corrected chi connectivity index (χ2v) is 5.45. The van der Waals surface area contributed by atoms with E-state index < -0.39 is 11.9 Å². The van der Waals surface area contributed by atoms with E-state index >= 15 is 0 Å². The second kappa shape index (κ2) is 9.33. The molecule has 3 N–H and O–H groups in total. The highest BCUT2D eigenvalue weighted by atomic mass is 16.5. The first-order valence-corrected chi connectivity index (χ1v) is 8.00. The maximum absolute atomic E-state index is 12.0. The van der Waals surface area contributed by atoms with Gasteiger partial charge in [-0.25, -0.2) is 9.59 Å². The van der Waals surface area contributed by atoms with Gasteiger partial charge in [0, 0.05) is 12.1 Å². The maximum atomic E-state index is 12.0. The number of aliphatic hydroxyl groups is 1. The van der Waals surface area contributed by atoms with Gasteiger partial charge in [-0.2, -0.15) is 0 Å². The number of rotatable bonds is 8. The van der Waals surface area contributed by atoms with Crippen molar-refractivity contribution in [2.24, 2.45) is 0 Å². The molecular formula is C19H19NO6. The van der Waals surface area contributed by atoms with E-state index in [0.717, 1.165) is 5.56 Å². The van der Waals surface area contributed by atoms with Crippen molar-refractivity contribution < 1.29 is 29.3 Å². The summed E-state index contributed by atoms with van der Waals surface area (Å²) in [7, 11) is 0. The van der Waals surface area contributed by atoms with Crippen LogP contribution in [0.3, 0.4) is 0 Å². The predicted molar refractivity (Wildman–Crippen MR) is 93.0 cm³/mol. The van der Waals surface area contributed by atoms with Gasteiger partial charge in [0.1, 0.15) is 0 Å². The fraction of sp³-hybridized carbons (Fsp3) is 0.211. The molecule has 0 saturated heterocycles. The van der Waals surface area contributed by atoms with Gasteiger partial charge in [0.2, 0.25) is 0 Å². The van der Waals surface area contributed by atoms with E-state index in [4.69, 9.17) is 14.9 Å². The number of benzene rings is 2. The first-order chi connectivity index (χ1) is 12.5. The average Bonchev–Trinajstić information content (AvgIpc) is 2.67. The van der Waals surface area contributed by atoms with E-state index in [1.165, 1.54) is 18.2 Å². The molecule has 1 amide bonds. The maximum Gasteiger partial charge on any atom is 0.339 e. The molecule has 2 rings (SSSR count). The summed E-state index contributed by atoms with van der Waals surface area (Å²) in [5.74, 6) is -2.18. The molecule has 2 aromatic rings. The SMILES string of the molecule is O=C(NCCCOC(=O)c1ccccc1C(=O)O)c1ccc(CO)cc1. The minimum Gasteiger partial charge on any atom is -0.478 e. The lowest BCUT2D eigenvalue weighted by molar-refractivity contribution is 0.0490. The number of ether oxygens (including phenoxy) is 1. The second-order valence-electron chi connectivity index (χ2n) is 5.45. The summed E-state index contributed by atoms with van der Waals surface area (Å²) >= 11 is 0. The van der Waals surface area contributed by atoms with Crippen LogP contribution in [-0.2, 0) is 11.3 Å². The van der Waals surface area contributed by atoms with Crippen LogP contribution in [0.25, 0.3) is 0 Å². The summed E-state index contributed by atoms with van der Waals surface area (Å²) < 4.78 is 5.06. The van der Waals surface area contributed by atoms with Crippen LogP contribution in [0.2, 0.25) is 0 Å². The van der Waals surface area contributed by atoms with Gasteiger partial charge >= 0.3 is 11.9 Å². The molecule has 0 bridgehead atoms. The lowest BCUT2D eigenvalue weighted by atomic mass is 10.1. The van der Waals surface area contributed by atoms with Gasteiger partial charge in [-0.15, -0.1) is 0 Å². The monoisotopic (exact) mass is 357 g/mol. The van der Waals surface area contributed by atoms with Crippen LogP contribution in [0, 0.1) is 0 Å². The van der Waals surface area contributed by atoms with E-state index in [-0.39, 0.29) is 30.2 Å². The van der Waals surface area contributed by atoms with Crippen molar-refractivity contribution in [3.05, 3.63) is 70.8 Å². The Kier molecular flexibility index (Phi) is 6.87. The van der Waals surface area contributed by atoms with Crippen LogP contribution < -0.4 is 5.32 Å². The number of carboxylic acids is 1. The van der Waals surface area contributed by atoms with Gasteiger partial charge in [-0.3, -0.25) is 4.79 Å². The minimum absolute atomic E-state index is 0.00647. The number of aliphatic hydroxyl groups excluding tert-OH is 1. The molecule has 0 saturated carbocycles. The molecule has 2 aromatic carbocycles. The Balaban J connectivity index is 1.75. The van der Waals surface area contributed by atoms with E-state index in [0.29, 0.717) is 18.5 Å². The van der Waals surface area contributed by atoms with Crippen molar-refractivity contribution >= 4 is 17.8 Å². The van der Waals surface area contributed by atoms with Crippen LogP contribution >= 0.6 is 0 Å². The molecule has 7 nitrogen and oxygen atoms in total. The molecule has 26 heavy (non-hydrogen) atoms. The topological polar surface area (TPSA) is 113 Å². The van der Waals surface area contributed by atoms with Gasteiger partial charge in [0.15, 0.2) is 0 Å². The number of hydrogen-bond acceptors (Lipinski definition) is 5. The Hall–Kier alpha value is -3.19. The zero-order valence-corrected chi connectivity index (χ0v) is 14.0. The van der Waals surface area contributed by atoms with Crippen LogP contribution in [-0.4, -0.2) is 41.2 Å². The molecule has 0 aliphatic rings. The van der Waals surface area contributed by atoms with Gasteiger partial charge in [-0.05, 0) is 36.2 Å². The third-order valence-electron chi connectivity index (χ3n) is 3.62. The Bertz CT molecular complexity index is 785. The molecule has 0 atom stereocenters. The molecular weight excluding hydrogens is 338 g/mol. The van der Waals surface area contributed by atoms with E-state index in [2.05, 4.69) is 5.32 Å². The fourth-order valence-electron chi connectivity index (χ4n) is 2.23. The minimum atomic E-state index is -1.20. The summed E-state index contributed by atoms with van der Waals surface area (Å²) in [6, 6.07) is 12.4. The van der Waals surface area contributed by atoms with Gasteiger partial charge < -0.3 is 20.3 Å². The number of aromatic carboxylic acids is 1. The molecule has 0 aliphatic heterocycles. The third kappa shape index (κ3) is 5.15. The normalized spacial score (nSPS) is 10.2. The lowest BCUT2D eigenvalue weighted by Gasteiger charge is -2.08. The lowest BCUT2D eigenvalue weighted by Crippen LogP contribution is -2.25. The smallest absolute Gasteiger partial charge is 0.339 e. The molecule has 136 valence electrons. The van der Waals surface area contributed by atoms with Gasteiger partial charge in [0.25, 0.3) is 5.91 Å². The summed E-state index contributed by atoms with van der Waals surface area (Å²) in [6.45, 7) is 0.267. The average molecular weight is 357 g/mol. The van der Waals surface area contributed by atoms with Crippen LogP contribution in [0.15, 0.2) is 48.5 Å². The van der Waals surface area contributed by atoms with Crippen molar-refractivity contribution in [2.45, 2.75) is 13.0 Å². The van der Waals surface area contributed by atoms with Crippen molar-refractivity contribution in [1.82, 2.24) is 5.32 Å². The molecule has 0 fully saturated rings. The first kappa shape index (κ1) is 19.1. The number of amides is 1. The number of carbonyl (C=O) groups is 3. The predicted octanol–water partition coefficient (Wildman–Crippen LogP) is 1.85. The quantitative estimate of drug-likeness (QED) is 0.491. The third-order valence-corrected chi connectivity index (χ3v) is 3.62. The molecule has 0 unspecified atom stereocenters. The Morgan fingerprint density at radius 3 is 2.23 bits per heavy atom. The van der Waals surface area contributed by atoms with E-state index in [1.54, 1.807) is 30.3 Å². The van der Waals surface area contributed by atoms with Crippen LogP contribution in [0.5, 0.6) is 0 Å². The number of hydrogen-bond donors (Lipinski definition) is 3. The first-order valence-electron chi connectivity index (χ1n) is 8.00. The van der Waals surface area contributed by atoms with E-state index in [1.807, 2.05) is 0 Å². The van der Waals surface area contributed by atoms with Crippen LogP contribution in [0.4, 0.5) is 0 Å². The summed E-state index contributed by atoms with van der Waals surface area (Å²) in [4.78, 5) is 35.0. The fourth-order valence-corrected chi connectivity index (χ4v) is 2.23. The highest BCUT2D eigenvalue weighted by Gasteiger charge is 2.16. The molecule has 0 aliphatic carbocycles. The van der Waals surface area contributed by atoms with Gasteiger partial charge in [0.05, 0.1) is 24.3 Å². The van der Waals surface area contributed by atoms with Crippen molar-refractivity contribution in [3.8, 4) is 0 Å². The van der Waals surface area contributed by atoms with Crippen molar-refractivity contribution in [2.75, 3.05) is 13.2 Å². The standard InChI is InChI=1S/C19H19NO6/c21-12-13-6-8-14(9-7-13)17(22)20-10-3-11-26-19(25)16-5-2-1-4-15(16)18(23)24/h1-2,4-9,21H,3,10-12H2,(H,20,22)(H,23,24). The zero-order valence-electron chi connectivity index (χ0n) is 14.0. The molecule has 0 radical (unpaired) electrons. The van der Waals surface area contributed by atoms with Crippen molar-refractivity contribution in [1.29, 1.82) is 0 Å². The Morgan fingerprint density at radius 1 is 0.962 bits per heavy atom. The number of carboxylic acid groups (broad SMARTS) is 1. The number of esters is 1. The number of nitrogens with one attached hydrogen (secondary N) is 1. The van der Waals surface area contributed by atoms with E-state index in [9.17, 15) is 14.4 Å². The Labute approximate surface area is 150 Å². The molecule has 0 aromatic heterocycles. The number of carbonyl (C=O) groups excluding carboxylic acids is 2. The molecule has 7 heteroatoms.